The van der Waals surface area contributed by atoms with Gasteiger partial charge < -0.3 is 19.9 Å². The van der Waals surface area contributed by atoms with Crippen LogP contribution >= 0.6 is 27.5 Å². The highest BCUT2D eigenvalue weighted by Gasteiger charge is 2.34. The molecule has 166 valence electrons. The zero-order valence-electron chi connectivity index (χ0n) is 16.8. The summed E-state index contributed by atoms with van der Waals surface area (Å²) in [5.41, 5.74) is 6.54. The van der Waals surface area contributed by atoms with E-state index < -0.39 is 17.7 Å². The normalized spacial score (nSPS) is 14.7. The predicted molar refractivity (Wildman–Crippen MR) is 122 cm³/mol. The number of hydrogen-bond acceptors (Lipinski definition) is 6. The van der Waals surface area contributed by atoms with Crippen LogP contribution in [0.15, 0.2) is 76.6 Å². The molecule has 0 spiro atoms. The van der Waals surface area contributed by atoms with E-state index in [0.29, 0.717) is 11.3 Å². The lowest BCUT2D eigenvalue weighted by Crippen LogP contribution is -2.22. The monoisotopic (exact) mass is 528 g/mol. The molecule has 0 fully saturated rings. The predicted octanol–water partition coefficient (Wildman–Crippen LogP) is 5.44. The Morgan fingerprint density at radius 1 is 1.18 bits per heavy atom. The molecular formula is C24H15BrClFN2O4. The number of rotatable bonds is 5. The van der Waals surface area contributed by atoms with Gasteiger partial charge in [-0.3, -0.25) is 0 Å². The lowest BCUT2D eigenvalue weighted by atomic mass is 9.83. The number of carbonyl (C=O) groups is 1. The van der Waals surface area contributed by atoms with E-state index in [4.69, 9.17) is 31.5 Å². The Hall–Kier alpha value is -3.54. The summed E-state index contributed by atoms with van der Waals surface area (Å²) in [6.07, 6.45) is 0. The molecule has 4 rings (SSSR count). The summed E-state index contributed by atoms with van der Waals surface area (Å²) in [5, 5.41) is 9.77. The van der Waals surface area contributed by atoms with Crippen molar-refractivity contribution in [1.82, 2.24) is 0 Å². The third-order valence-corrected chi connectivity index (χ3v) is 5.74. The molecule has 1 aliphatic heterocycles. The fourth-order valence-electron chi connectivity index (χ4n) is 3.42. The number of carbonyl (C=O) groups excluding carboxylic acids is 1. The van der Waals surface area contributed by atoms with Crippen LogP contribution in [0.5, 0.6) is 17.2 Å². The number of nitrogens with two attached hydrogens (primary N) is 1. The lowest BCUT2D eigenvalue weighted by Gasteiger charge is -2.27. The van der Waals surface area contributed by atoms with Gasteiger partial charge in [0.05, 0.1) is 5.92 Å². The van der Waals surface area contributed by atoms with Crippen LogP contribution in [0.25, 0.3) is 0 Å². The minimum atomic E-state index is -0.877. The molecule has 0 aliphatic carbocycles. The molecule has 6 nitrogen and oxygen atoms in total. The second-order valence-corrected chi connectivity index (χ2v) is 8.30. The SMILES string of the molecule is N#CC1=C(N)Oc2cc(OC(=O)COc3ccc(Br)cc3)ccc2C1c1c(F)cccc1Cl. The van der Waals surface area contributed by atoms with E-state index in [1.54, 1.807) is 30.3 Å². The lowest BCUT2D eigenvalue weighted by molar-refractivity contribution is -0.136. The van der Waals surface area contributed by atoms with Crippen molar-refractivity contribution >= 4 is 33.5 Å². The second kappa shape index (κ2) is 9.53. The smallest absolute Gasteiger partial charge is 0.349 e. The molecule has 9 heteroatoms. The molecule has 1 aliphatic rings. The van der Waals surface area contributed by atoms with Crippen molar-refractivity contribution in [1.29, 1.82) is 5.26 Å². The molecule has 2 N–H and O–H groups in total. The molecule has 33 heavy (non-hydrogen) atoms. The molecule has 3 aromatic carbocycles. The van der Waals surface area contributed by atoms with Gasteiger partial charge in [0.1, 0.15) is 34.7 Å². The topological polar surface area (TPSA) is 94.6 Å². The molecule has 0 bridgehead atoms. The number of benzene rings is 3. The summed E-state index contributed by atoms with van der Waals surface area (Å²) < 4.78 is 31.9. The van der Waals surface area contributed by atoms with E-state index in [0.717, 1.165) is 4.47 Å². The fourth-order valence-corrected chi connectivity index (χ4v) is 3.95. The van der Waals surface area contributed by atoms with Gasteiger partial charge in [0.2, 0.25) is 5.88 Å². The molecule has 0 saturated heterocycles. The maximum atomic E-state index is 14.7. The summed E-state index contributed by atoms with van der Waals surface area (Å²) in [6, 6.07) is 17.7. The van der Waals surface area contributed by atoms with Crippen molar-refractivity contribution in [2.45, 2.75) is 5.92 Å². The van der Waals surface area contributed by atoms with Crippen molar-refractivity contribution in [3.05, 3.63) is 98.6 Å². The fraction of sp³-hybridized carbons (Fsp3) is 0.0833. The van der Waals surface area contributed by atoms with Gasteiger partial charge in [0.15, 0.2) is 6.61 Å². The highest BCUT2D eigenvalue weighted by Crippen LogP contribution is 2.46. The Labute approximate surface area is 202 Å². The average Bonchev–Trinajstić information content (AvgIpc) is 2.78. The molecule has 1 atom stereocenters. The summed E-state index contributed by atoms with van der Waals surface area (Å²) in [4.78, 5) is 12.2. The van der Waals surface area contributed by atoms with E-state index in [1.807, 2.05) is 6.07 Å². The number of halogens is 3. The van der Waals surface area contributed by atoms with Gasteiger partial charge >= 0.3 is 5.97 Å². The zero-order chi connectivity index (χ0) is 23.5. The first kappa shape index (κ1) is 22.6. The zero-order valence-corrected chi connectivity index (χ0v) is 19.2. The van der Waals surface area contributed by atoms with E-state index in [1.165, 1.54) is 30.3 Å². The van der Waals surface area contributed by atoms with E-state index in [-0.39, 0.29) is 40.1 Å². The van der Waals surface area contributed by atoms with Crippen molar-refractivity contribution in [3.8, 4) is 23.3 Å². The van der Waals surface area contributed by atoms with Crippen LogP contribution in [0.1, 0.15) is 17.0 Å². The number of ether oxygens (including phenoxy) is 3. The first-order valence-electron chi connectivity index (χ1n) is 9.62. The number of nitriles is 1. The average molecular weight is 530 g/mol. The number of nitrogens with zero attached hydrogens (tertiary/aromatic N) is 1. The standard InChI is InChI=1S/C24H15BrClFN2O4/c25-13-4-6-14(7-5-13)31-12-21(30)32-15-8-9-16-20(10-15)33-24(29)17(11-28)22(16)23-18(26)2-1-3-19(23)27/h1-10,22H,12,29H2. The van der Waals surface area contributed by atoms with Crippen LogP contribution in [0.3, 0.4) is 0 Å². The number of allylic oxidation sites excluding steroid dienone is 1. The first-order valence-corrected chi connectivity index (χ1v) is 10.8. The van der Waals surface area contributed by atoms with Crippen molar-refractivity contribution in [2.75, 3.05) is 6.61 Å². The maximum Gasteiger partial charge on any atom is 0.349 e. The molecule has 0 amide bonds. The number of fused-ring (bicyclic) bond motifs is 1. The van der Waals surface area contributed by atoms with Gasteiger partial charge in [-0.1, -0.05) is 39.7 Å². The van der Waals surface area contributed by atoms with Crippen molar-refractivity contribution in [3.63, 3.8) is 0 Å². The minimum Gasteiger partial charge on any atom is -0.482 e. The van der Waals surface area contributed by atoms with E-state index >= 15 is 0 Å². The third-order valence-electron chi connectivity index (χ3n) is 4.88. The van der Waals surface area contributed by atoms with Crippen LogP contribution < -0.4 is 19.9 Å². The summed E-state index contributed by atoms with van der Waals surface area (Å²) in [5.74, 6) is -1.38. The quantitative estimate of drug-likeness (QED) is 0.349. The van der Waals surface area contributed by atoms with Gasteiger partial charge in [0.25, 0.3) is 0 Å². The van der Waals surface area contributed by atoms with Crippen LogP contribution in [-0.2, 0) is 4.79 Å². The van der Waals surface area contributed by atoms with E-state index in [2.05, 4.69) is 15.9 Å². The Bertz CT molecular complexity index is 1280. The van der Waals surface area contributed by atoms with Gasteiger partial charge in [-0.05, 0) is 42.5 Å². The molecule has 0 saturated carbocycles. The largest absolute Gasteiger partial charge is 0.482 e. The highest BCUT2D eigenvalue weighted by molar-refractivity contribution is 9.10. The second-order valence-electron chi connectivity index (χ2n) is 6.98. The van der Waals surface area contributed by atoms with Crippen molar-refractivity contribution in [2.24, 2.45) is 5.73 Å². The molecule has 0 radical (unpaired) electrons. The Balaban J connectivity index is 1.58. The highest BCUT2D eigenvalue weighted by atomic mass is 79.9. The summed E-state index contributed by atoms with van der Waals surface area (Å²) >= 11 is 9.58. The first-order chi connectivity index (χ1) is 15.9. The Morgan fingerprint density at radius 3 is 2.61 bits per heavy atom. The Kier molecular flexibility index (Phi) is 6.54. The van der Waals surface area contributed by atoms with Gasteiger partial charge in [-0.15, -0.1) is 0 Å². The summed E-state index contributed by atoms with van der Waals surface area (Å²) in [6.45, 7) is -0.312. The van der Waals surface area contributed by atoms with Crippen molar-refractivity contribution < 1.29 is 23.4 Å². The Morgan fingerprint density at radius 2 is 1.91 bits per heavy atom. The van der Waals surface area contributed by atoms with Gasteiger partial charge in [-0.25, -0.2) is 9.18 Å². The molecule has 1 heterocycles. The van der Waals surface area contributed by atoms with Gasteiger partial charge in [-0.2, -0.15) is 5.26 Å². The molecular weight excluding hydrogens is 515 g/mol. The molecule has 1 unspecified atom stereocenters. The van der Waals surface area contributed by atoms with Crippen LogP contribution in [0.2, 0.25) is 5.02 Å². The molecule has 3 aromatic rings. The summed E-state index contributed by atoms with van der Waals surface area (Å²) in [7, 11) is 0. The number of esters is 1. The van der Waals surface area contributed by atoms with Crippen LogP contribution in [0.4, 0.5) is 4.39 Å². The number of hydrogen-bond donors (Lipinski definition) is 1. The van der Waals surface area contributed by atoms with Gasteiger partial charge in [0, 0.05) is 26.7 Å². The van der Waals surface area contributed by atoms with Crippen LogP contribution in [0, 0.1) is 17.1 Å². The molecule has 0 aromatic heterocycles. The third kappa shape index (κ3) is 4.80. The minimum absolute atomic E-state index is 0.0298. The van der Waals surface area contributed by atoms with E-state index in [9.17, 15) is 14.4 Å². The maximum absolute atomic E-state index is 14.7. The van der Waals surface area contributed by atoms with Crippen LogP contribution in [-0.4, -0.2) is 12.6 Å².